The number of hydrogen-bond acceptors (Lipinski definition) is 5. The van der Waals surface area contributed by atoms with E-state index in [9.17, 15) is 4.79 Å². The number of carbonyl (C=O) groups excluding carboxylic acids is 1. The van der Waals surface area contributed by atoms with E-state index in [1.165, 1.54) is 7.11 Å². The predicted molar refractivity (Wildman–Crippen MR) is 97.0 cm³/mol. The van der Waals surface area contributed by atoms with E-state index in [4.69, 9.17) is 9.57 Å². The molecule has 0 saturated heterocycles. The van der Waals surface area contributed by atoms with Gasteiger partial charge in [-0.1, -0.05) is 36.0 Å². The molecule has 0 aliphatic carbocycles. The number of nitrogens with zero attached hydrogens (tertiary/aromatic N) is 1. The number of para-hydroxylation sites is 1. The maximum atomic E-state index is 11.4. The van der Waals surface area contributed by atoms with Gasteiger partial charge in [-0.15, -0.1) is 0 Å². The number of ether oxygens (including phenoxy) is 2. The maximum Gasteiger partial charge on any atom is 0.411 e. The van der Waals surface area contributed by atoms with Gasteiger partial charge in [-0.3, -0.25) is 5.32 Å². The topological polar surface area (TPSA) is 69.2 Å². The van der Waals surface area contributed by atoms with Crippen molar-refractivity contribution in [1.29, 1.82) is 0 Å². The standard InChI is InChI=1S/C19H20N2O4/c1-3-12-25-20-13-15-8-10-17(11-9-15)24-14-16-6-4-5-7-18(16)21-19(22)23-2/h3-11,13H,1,12,14H2,2H3,(H,21,22)/b20-13+. The Balaban J connectivity index is 1.94. The van der Waals surface area contributed by atoms with E-state index in [1.807, 2.05) is 42.5 Å². The van der Waals surface area contributed by atoms with Crippen LogP contribution < -0.4 is 10.1 Å². The summed E-state index contributed by atoms with van der Waals surface area (Å²) in [5.74, 6) is 0.706. The summed E-state index contributed by atoms with van der Waals surface area (Å²) in [5, 5.41) is 6.47. The molecule has 0 aromatic heterocycles. The fourth-order valence-electron chi connectivity index (χ4n) is 1.93. The van der Waals surface area contributed by atoms with Crippen LogP contribution in [-0.2, 0) is 16.2 Å². The van der Waals surface area contributed by atoms with Gasteiger partial charge in [0, 0.05) is 5.56 Å². The van der Waals surface area contributed by atoms with Gasteiger partial charge in [0.1, 0.15) is 19.0 Å². The van der Waals surface area contributed by atoms with Crippen molar-refractivity contribution in [3.05, 3.63) is 72.3 Å². The van der Waals surface area contributed by atoms with E-state index in [1.54, 1.807) is 18.4 Å². The summed E-state index contributed by atoms with van der Waals surface area (Å²) in [6.45, 7) is 4.23. The smallest absolute Gasteiger partial charge is 0.411 e. The zero-order valence-electron chi connectivity index (χ0n) is 14.0. The van der Waals surface area contributed by atoms with Gasteiger partial charge in [-0.25, -0.2) is 4.79 Å². The van der Waals surface area contributed by atoms with Crippen LogP contribution in [0.2, 0.25) is 0 Å². The zero-order chi connectivity index (χ0) is 17.9. The van der Waals surface area contributed by atoms with Crippen LogP contribution in [0.5, 0.6) is 5.75 Å². The molecule has 6 nitrogen and oxygen atoms in total. The molecule has 2 aromatic carbocycles. The Labute approximate surface area is 146 Å². The van der Waals surface area contributed by atoms with Crippen LogP contribution >= 0.6 is 0 Å². The highest BCUT2D eigenvalue weighted by Crippen LogP contribution is 2.19. The average Bonchev–Trinajstić information content (AvgIpc) is 2.65. The van der Waals surface area contributed by atoms with Crippen LogP contribution in [0, 0.1) is 0 Å². The molecule has 130 valence electrons. The number of hydrogen-bond donors (Lipinski definition) is 1. The number of rotatable bonds is 8. The van der Waals surface area contributed by atoms with E-state index >= 15 is 0 Å². The molecule has 1 amide bonds. The van der Waals surface area contributed by atoms with E-state index in [-0.39, 0.29) is 0 Å². The molecule has 0 aliphatic rings. The summed E-state index contributed by atoms with van der Waals surface area (Å²) in [7, 11) is 1.32. The van der Waals surface area contributed by atoms with Gasteiger partial charge in [0.2, 0.25) is 0 Å². The van der Waals surface area contributed by atoms with Crippen LogP contribution in [0.3, 0.4) is 0 Å². The van der Waals surface area contributed by atoms with Gasteiger partial charge < -0.3 is 14.3 Å². The van der Waals surface area contributed by atoms with Crippen molar-refractivity contribution in [2.75, 3.05) is 19.0 Å². The summed E-state index contributed by atoms with van der Waals surface area (Å²) in [5.41, 5.74) is 2.39. The molecule has 0 unspecified atom stereocenters. The highest BCUT2D eigenvalue weighted by molar-refractivity contribution is 5.85. The van der Waals surface area contributed by atoms with Gasteiger partial charge in [-0.2, -0.15) is 0 Å². The summed E-state index contributed by atoms with van der Waals surface area (Å²) in [6, 6.07) is 14.8. The lowest BCUT2D eigenvalue weighted by Gasteiger charge is -2.11. The fourth-order valence-corrected chi connectivity index (χ4v) is 1.93. The van der Waals surface area contributed by atoms with E-state index in [0.29, 0.717) is 24.7 Å². The lowest BCUT2D eigenvalue weighted by Crippen LogP contribution is -2.13. The molecule has 0 aliphatic heterocycles. The van der Waals surface area contributed by atoms with E-state index < -0.39 is 6.09 Å². The van der Waals surface area contributed by atoms with Crippen molar-refractivity contribution in [3.8, 4) is 5.75 Å². The molecule has 25 heavy (non-hydrogen) atoms. The number of carbonyl (C=O) groups is 1. The first-order valence-corrected chi connectivity index (χ1v) is 7.65. The second-order valence-corrected chi connectivity index (χ2v) is 4.95. The molecule has 0 atom stereocenters. The molecule has 1 N–H and O–H groups in total. The third-order valence-corrected chi connectivity index (χ3v) is 3.18. The van der Waals surface area contributed by atoms with Gasteiger partial charge in [0.15, 0.2) is 0 Å². The third-order valence-electron chi connectivity index (χ3n) is 3.18. The normalized spacial score (nSPS) is 10.3. The van der Waals surface area contributed by atoms with Crippen molar-refractivity contribution in [2.24, 2.45) is 5.16 Å². The fraction of sp³-hybridized carbons (Fsp3) is 0.158. The summed E-state index contributed by atoms with van der Waals surface area (Å²) >= 11 is 0. The molecule has 0 fully saturated rings. The number of amides is 1. The lowest BCUT2D eigenvalue weighted by molar-refractivity contribution is 0.176. The molecule has 0 radical (unpaired) electrons. The Hall–Kier alpha value is -3.28. The van der Waals surface area contributed by atoms with Gasteiger partial charge in [0.05, 0.1) is 19.0 Å². The minimum absolute atomic E-state index is 0.316. The van der Waals surface area contributed by atoms with Crippen molar-refractivity contribution < 1.29 is 19.1 Å². The highest BCUT2D eigenvalue weighted by atomic mass is 16.6. The Morgan fingerprint density at radius 3 is 2.68 bits per heavy atom. The molecule has 6 heteroatoms. The molecule has 0 heterocycles. The summed E-state index contributed by atoms with van der Waals surface area (Å²) < 4.78 is 10.4. The van der Waals surface area contributed by atoms with Crippen molar-refractivity contribution in [1.82, 2.24) is 0 Å². The minimum Gasteiger partial charge on any atom is -0.489 e. The van der Waals surface area contributed by atoms with E-state index in [2.05, 4.69) is 21.8 Å². The van der Waals surface area contributed by atoms with Gasteiger partial charge in [-0.05, 0) is 35.9 Å². The Kier molecular flexibility index (Phi) is 7.06. The van der Waals surface area contributed by atoms with Crippen LogP contribution in [0.4, 0.5) is 10.5 Å². The van der Waals surface area contributed by atoms with Crippen LogP contribution in [0.1, 0.15) is 11.1 Å². The minimum atomic E-state index is -0.519. The maximum absolute atomic E-state index is 11.4. The SMILES string of the molecule is C=CCO/N=C/c1ccc(OCc2ccccc2NC(=O)OC)cc1. The number of benzene rings is 2. The Morgan fingerprint density at radius 1 is 1.20 bits per heavy atom. The number of methoxy groups -OCH3 is 1. The first-order valence-electron chi connectivity index (χ1n) is 7.65. The molecule has 0 spiro atoms. The second-order valence-electron chi connectivity index (χ2n) is 4.95. The molecule has 2 aromatic rings. The molecular formula is C19H20N2O4. The Bertz CT molecular complexity index is 726. The highest BCUT2D eigenvalue weighted by Gasteiger charge is 2.06. The van der Waals surface area contributed by atoms with Crippen molar-refractivity contribution in [3.63, 3.8) is 0 Å². The van der Waals surface area contributed by atoms with Gasteiger partial charge in [0.25, 0.3) is 0 Å². The number of nitrogens with one attached hydrogen (secondary N) is 1. The van der Waals surface area contributed by atoms with Crippen molar-refractivity contribution in [2.45, 2.75) is 6.61 Å². The molecule has 2 rings (SSSR count). The molecular weight excluding hydrogens is 320 g/mol. The van der Waals surface area contributed by atoms with Crippen LogP contribution in [0.15, 0.2) is 66.3 Å². The molecule has 0 saturated carbocycles. The van der Waals surface area contributed by atoms with Gasteiger partial charge >= 0.3 is 6.09 Å². The van der Waals surface area contributed by atoms with Crippen LogP contribution in [-0.4, -0.2) is 26.0 Å². The predicted octanol–water partition coefficient (Wildman–Crippen LogP) is 3.98. The monoisotopic (exact) mass is 340 g/mol. The number of anilines is 1. The average molecular weight is 340 g/mol. The number of oxime groups is 1. The summed E-state index contributed by atoms with van der Waals surface area (Å²) in [6.07, 6.45) is 2.72. The quantitative estimate of drug-likeness (QED) is 0.341. The van der Waals surface area contributed by atoms with Crippen LogP contribution in [0.25, 0.3) is 0 Å². The zero-order valence-corrected chi connectivity index (χ0v) is 14.0. The summed E-state index contributed by atoms with van der Waals surface area (Å²) in [4.78, 5) is 16.3. The van der Waals surface area contributed by atoms with E-state index in [0.717, 1.165) is 11.1 Å². The first-order chi connectivity index (χ1) is 12.2. The lowest BCUT2D eigenvalue weighted by atomic mass is 10.2. The largest absolute Gasteiger partial charge is 0.489 e. The third kappa shape index (κ3) is 6.02. The molecule has 0 bridgehead atoms. The Morgan fingerprint density at radius 2 is 1.96 bits per heavy atom. The van der Waals surface area contributed by atoms with Crippen molar-refractivity contribution >= 4 is 18.0 Å². The first kappa shape index (κ1) is 18.1. The second kappa shape index (κ2) is 9.77.